The summed E-state index contributed by atoms with van der Waals surface area (Å²) in [7, 11) is 2.12. The van der Waals surface area contributed by atoms with Crippen LogP contribution < -0.4 is 23.0 Å². The normalized spacial score (nSPS) is 21.5. The van der Waals surface area contributed by atoms with E-state index in [-0.39, 0.29) is 24.0 Å². The number of piperidine rings is 1. The summed E-state index contributed by atoms with van der Waals surface area (Å²) in [6.07, 6.45) is 1.90. The first-order valence-corrected chi connectivity index (χ1v) is 6.07. The van der Waals surface area contributed by atoms with Gasteiger partial charge >= 0.3 is 0 Å². The minimum Gasteiger partial charge on any atom is -1.00 e. The van der Waals surface area contributed by atoms with Crippen LogP contribution in [-0.4, -0.2) is 36.6 Å². The van der Waals surface area contributed by atoms with Crippen molar-refractivity contribution in [2.24, 2.45) is 0 Å². The highest BCUT2D eigenvalue weighted by Gasteiger charge is 2.39. The van der Waals surface area contributed by atoms with E-state index in [4.69, 9.17) is 0 Å². The molecule has 0 radical (unpaired) electrons. The largest absolute Gasteiger partial charge is 1.00 e. The van der Waals surface area contributed by atoms with Crippen molar-refractivity contribution in [3.63, 3.8) is 0 Å². The number of likely N-dealkylation sites (tertiary alicyclic amines) is 1. The second-order valence-corrected chi connectivity index (χ2v) is 5.01. The first-order valence-electron chi connectivity index (χ1n) is 6.07. The Labute approximate surface area is 113 Å². The molecular formula is C13H17ClN3O-. The molecule has 2 N–H and O–H groups in total. The third-order valence-corrected chi connectivity index (χ3v) is 3.74. The van der Waals surface area contributed by atoms with Gasteiger partial charge in [0.25, 0.3) is 5.91 Å². The highest BCUT2D eigenvalue weighted by Crippen LogP contribution is 2.30. The van der Waals surface area contributed by atoms with E-state index in [1.54, 1.807) is 0 Å². The van der Waals surface area contributed by atoms with Gasteiger partial charge in [-0.25, -0.2) is 0 Å². The molecule has 0 aliphatic carbocycles. The number of benzene rings is 1. The second kappa shape index (κ2) is 4.78. The van der Waals surface area contributed by atoms with Gasteiger partial charge in [0.15, 0.2) is 0 Å². The fraction of sp³-hybridized carbons (Fsp3) is 0.462. The van der Waals surface area contributed by atoms with E-state index in [2.05, 4.69) is 22.6 Å². The Balaban J connectivity index is 0.00000120. The van der Waals surface area contributed by atoms with Gasteiger partial charge < -0.3 is 27.9 Å². The number of nitrogens with zero attached hydrogens (tertiary/aromatic N) is 1. The SMILES string of the molecule is CN1CCC2(CC1)NC(=O)c1ccccc1N2.[Cl-]. The van der Waals surface area contributed by atoms with Gasteiger partial charge in [-0.1, -0.05) is 12.1 Å². The average Bonchev–Trinajstić information content (AvgIpc) is 2.34. The van der Waals surface area contributed by atoms with E-state index in [0.717, 1.165) is 37.2 Å². The van der Waals surface area contributed by atoms with E-state index < -0.39 is 0 Å². The number of anilines is 1. The minimum absolute atomic E-state index is 0. The molecule has 1 saturated heterocycles. The summed E-state index contributed by atoms with van der Waals surface area (Å²) in [4.78, 5) is 14.4. The molecule has 18 heavy (non-hydrogen) atoms. The number of nitrogens with one attached hydrogen (secondary N) is 2. The molecule has 1 spiro atoms. The van der Waals surface area contributed by atoms with Gasteiger partial charge in [0.2, 0.25) is 0 Å². The maximum Gasteiger partial charge on any atom is 0.255 e. The Bertz CT molecular complexity index is 455. The van der Waals surface area contributed by atoms with Crippen molar-refractivity contribution in [3.05, 3.63) is 29.8 Å². The molecule has 4 nitrogen and oxygen atoms in total. The third kappa shape index (κ3) is 2.18. The molecule has 1 fully saturated rings. The molecule has 2 heterocycles. The van der Waals surface area contributed by atoms with Crippen LogP contribution in [0, 0.1) is 0 Å². The van der Waals surface area contributed by atoms with Crippen LogP contribution in [0.2, 0.25) is 0 Å². The molecule has 98 valence electrons. The van der Waals surface area contributed by atoms with Crippen LogP contribution in [0.3, 0.4) is 0 Å². The van der Waals surface area contributed by atoms with Crippen LogP contribution in [-0.2, 0) is 0 Å². The van der Waals surface area contributed by atoms with Crippen molar-refractivity contribution < 1.29 is 17.2 Å². The zero-order chi connectivity index (χ0) is 11.9. The van der Waals surface area contributed by atoms with Crippen LogP contribution in [0.25, 0.3) is 0 Å². The molecule has 1 aromatic rings. The van der Waals surface area contributed by atoms with Gasteiger partial charge in [-0.15, -0.1) is 0 Å². The smallest absolute Gasteiger partial charge is 0.255 e. The molecule has 0 aromatic heterocycles. The molecule has 5 heteroatoms. The van der Waals surface area contributed by atoms with Crippen LogP contribution in [0.1, 0.15) is 23.2 Å². The van der Waals surface area contributed by atoms with Gasteiger partial charge in [-0.05, 0) is 19.2 Å². The topological polar surface area (TPSA) is 44.4 Å². The van der Waals surface area contributed by atoms with E-state index >= 15 is 0 Å². The van der Waals surface area contributed by atoms with Crippen LogP contribution >= 0.6 is 0 Å². The van der Waals surface area contributed by atoms with Crippen molar-refractivity contribution in [1.29, 1.82) is 0 Å². The molecule has 0 bridgehead atoms. The highest BCUT2D eigenvalue weighted by atomic mass is 35.5. The Morgan fingerprint density at radius 2 is 1.83 bits per heavy atom. The molecule has 1 amide bonds. The lowest BCUT2D eigenvalue weighted by atomic mass is 9.93. The summed E-state index contributed by atoms with van der Waals surface area (Å²) >= 11 is 0. The second-order valence-electron chi connectivity index (χ2n) is 5.01. The summed E-state index contributed by atoms with van der Waals surface area (Å²) in [5.74, 6) is 0.0453. The molecule has 1 aromatic carbocycles. The number of para-hydroxylation sites is 1. The van der Waals surface area contributed by atoms with Crippen LogP contribution in [0.4, 0.5) is 5.69 Å². The van der Waals surface area contributed by atoms with Gasteiger partial charge in [-0.3, -0.25) is 4.79 Å². The third-order valence-electron chi connectivity index (χ3n) is 3.74. The molecular weight excluding hydrogens is 250 g/mol. The average molecular weight is 267 g/mol. The summed E-state index contributed by atoms with van der Waals surface area (Å²) < 4.78 is 0. The quantitative estimate of drug-likeness (QED) is 0.587. The van der Waals surface area contributed by atoms with Crippen molar-refractivity contribution in [3.8, 4) is 0 Å². The maximum atomic E-state index is 12.1. The summed E-state index contributed by atoms with van der Waals surface area (Å²) in [6.45, 7) is 2.02. The number of halogens is 1. The van der Waals surface area contributed by atoms with E-state index in [1.165, 1.54) is 0 Å². The van der Waals surface area contributed by atoms with Gasteiger partial charge in [0.05, 0.1) is 5.56 Å². The molecule has 0 unspecified atom stereocenters. The number of rotatable bonds is 0. The number of fused-ring (bicyclic) bond motifs is 1. The van der Waals surface area contributed by atoms with Crippen LogP contribution in [0.15, 0.2) is 24.3 Å². The predicted octanol–water partition coefficient (Wildman–Crippen LogP) is -1.73. The van der Waals surface area contributed by atoms with Crippen molar-refractivity contribution in [1.82, 2.24) is 10.2 Å². The first kappa shape index (κ1) is 13.2. The molecule has 0 atom stereocenters. The number of hydrogen-bond donors (Lipinski definition) is 2. The number of carbonyl (C=O) groups is 1. The Morgan fingerprint density at radius 3 is 2.56 bits per heavy atom. The molecule has 2 aliphatic heterocycles. The standard InChI is InChI=1S/C13H17N3O.ClH/c1-16-8-6-13(7-9-16)14-11-5-3-2-4-10(11)12(17)15-13;/h2-5,14H,6-9H2,1H3,(H,15,17);1H/p-1. The lowest BCUT2D eigenvalue weighted by Gasteiger charge is -2.45. The molecule has 3 rings (SSSR count). The maximum absolute atomic E-state index is 12.1. The summed E-state index contributed by atoms with van der Waals surface area (Å²) in [6, 6.07) is 7.70. The zero-order valence-corrected chi connectivity index (χ0v) is 11.1. The van der Waals surface area contributed by atoms with Crippen LogP contribution in [0.5, 0.6) is 0 Å². The Morgan fingerprint density at radius 1 is 1.17 bits per heavy atom. The first-order chi connectivity index (χ1) is 8.19. The van der Waals surface area contributed by atoms with Crippen molar-refractivity contribution >= 4 is 11.6 Å². The number of hydrogen-bond acceptors (Lipinski definition) is 3. The Kier molecular flexibility index (Phi) is 3.50. The fourth-order valence-corrected chi connectivity index (χ4v) is 2.61. The van der Waals surface area contributed by atoms with E-state index in [9.17, 15) is 4.79 Å². The summed E-state index contributed by atoms with van der Waals surface area (Å²) in [5, 5.41) is 6.64. The lowest BCUT2D eigenvalue weighted by Crippen LogP contribution is -3.00. The van der Waals surface area contributed by atoms with E-state index in [1.807, 2.05) is 24.3 Å². The van der Waals surface area contributed by atoms with Crippen molar-refractivity contribution in [2.75, 3.05) is 25.5 Å². The molecule has 0 saturated carbocycles. The predicted molar refractivity (Wildman–Crippen MR) is 67.0 cm³/mol. The number of amides is 1. The fourth-order valence-electron chi connectivity index (χ4n) is 2.61. The van der Waals surface area contributed by atoms with Gasteiger partial charge in [0.1, 0.15) is 5.66 Å². The lowest BCUT2D eigenvalue weighted by molar-refractivity contribution is -0.0000139. The minimum atomic E-state index is -0.238. The summed E-state index contributed by atoms with van der Waals surface area (Å²) in [5.41, 5.74) is 1.47. The van der Waals surface area contributed by atoms with E-state index in [0.29, 0.717) is 0 Å². The molecule has 2 aliphatic rings. The highest BCUT2D eigenvalue weighted by molar-refractivity contribution is 6.02. The van der Waals surface area contributed by atoms with Gasteiger partial charge in [-0.2, -0.15) is 0 Å². The number of carbonyl (C=O) groups excluding carboxylic acids is 1. The van der Waals surface area contributed by atoms with Gasteiger partial charge in [0, 0.05) is 31.6 Å². The van der Waals surface area contributed by atoms with Crippen molar-refractivity contribution in [2.45, 2.75) is 18.5 Å². The zero-order valence-electron chi connectivity index (χ0n) is 10.4. The Hall–Kier alpha value is -1.26. The monoisotopic (exact) mass is 266 g/mol.